The predicted molar refractivity (Wildman–Crippen MR) is 280 cm³/mol. The smallest absolute Gasteiger partial charge is 0.306 e. The molecule has 11 atom stereocenters. The number of carbonyl (C=O) groups excluding carboxylic acids is 1. The number of carbonyl (C=O) groups is 1. The van der Waals surface area contributed by atoms with Crippen LogP contribution in [0.2, 0.25) is 0 Å². The van der Waals surface area contributed by atoms with Gasteiger partial charge in [0.05, 0.1) is 26.4 Å². The first-order chi connectivity index (χ1) is 34.6. The van der Waals surface area contributed by atoms with Crippen LogP contribution in [0.1, 0.15) is 232 Å². The molecule has 14 nitrogen and oxygen atoms in total. The Hall–Kier alpha value is -1.53. The maximum absolute atomic E-state index is 13.1. The van der Waals surface area contributed by atoms with Crippen molar-refractivity contribution in [2.24, 2.45) is 0 Å². The molecule has 14 heteroatoms. The van der Waals surface area contributed by atoms with E-state index in [0.717, 1.165) is 57.8 Å². The number of rotatable bonds is 47. The zero-order chi connectivity index (χ0) is 51.6. The van der Waals surface area contributed by atoms with Crippen molar-refractivity contribution in [3.05, 3.63) is 24.3 Å². The second-order valence-corrected chi connectivity index (χ2v) is 20.5. The number of ether oxygens (including phenoxy) is 6. The van der Waals surface area contributed by atoms with Gasteiger partial charge < -0.3 is 64.2 Å². The van der Waals surface area contributed by atoms with Gasteiger partial charge in [-0.2, -0.15) is 0 Å². The van der Waals surface area contributed by atoms with E-state index in [4.69, 9.17) is 28.4 Å². The summed E-state index contributed by atoms with van der Waals surface area (Å²) in [7, 11) is 0. The van der Waals surface area contributed by atoms with Gasteiger partial charge in [-0.1, -0.05) is 205 Å². The first-order valence-electron chi connectivity index (χ1n) is 28.9. The summed E-state index contributed by atoms with van der Waals surface area (Å²) in [5, 5.41) is 72.3. The van der Waals surface area contributed by atoms with E-state index in [0.29, 0.717) is 13.0 Å². The Bertz CT molecular complexity index is 1270. The zero-order valence-corrected chi connectivity index (χ0v) is 44.7. The van der Waals surface area contributed by atoms with E-state index >= 15 is 0 Å². The third kappa shape index (κ3) is 31.8. The molecule has 0 aliphatic carbocycles. The van der Waals surface area contributed by atoms with Gasteiger partial charge >= 0.3 is 5.97 Å². The maximum Gasteiger partial charge on any atom is 0.306 e. The molecule has 418 valence electrons. The van der Waals surface area contributed by atoms with Gasteiger partial charge in [0, 0.05) is 13.0 Å². The lowest BCUT2D eigenvalue weighted by molar-refractivity contribution is -0.332. The van der Waals surface area contributed by atoms with Crippen LogP contribution in [0.15, 0.2) is 24.3 Å². The normalized spacial score (nSPS) is 25.4. The second kappa shape index (κ2) is 44.7. The van der Waals surface area contributed by atoms with E-state index in [9.17, 15) is 40.5 Å². The van der Waals surface area contributed by atoms with E-state index < -0.39 is 80.7 Å². The van der Waals surface area contributed by atoms with Gasteiger partial charge in [-0.3, -0.25) is 4.79 Å². The molecule has 2 fully saturated rings. The van der Waals surface area contributed by atoms with Crippen LogP contribution in [0, 0.1) is 0 Å². The molecule has 0 saturated carbocycles. The molecule has 0 radical (unpaired) electrons. The third-order valence-corrected chi connectivity index (χ3v) is 14.0. The van der Waals surface area contributed by atoms with Crippen molar-refractivity contribution in [1.82, 2.24) is 0 Å². The number of hydrogen-bond donors (Lipinski definition) is 7. The molecule has 2 aliphatic heterocycles. The molecule has 0 aromatic heterocycles. The van der Waals surface area contributed by atoms with Crippen LogP contribution in [-0.4, -0.2) is 142 Å². The topological polar surface area (TPSA) is 214 Å². The minimum Gasteiger partial charge on any atom is -0.457 e. The summed E-state index contributed by atoms with van der Waals surface area (Å²) in [5.41, 5.74) is 0. The van der Waals surface area contributed by atoms with Crippen molar-refractivity contribution < 1.29 is 69.0 Å². The summed E-state index contributed by atoms with van der Waals surface area (Å²) in [4.78, 5) is 13.1. The fourth-order valence-electron chi connectivity index (χ4n) is 9.26. The third-order valence-electron chi connectivity index (χ3n) is 14.0. The highest BCUT2D eigenvalue weighted by atomic mass is 16.7. The predicted octanol–water partition coefficient (Wildman–Crippen LogP) is 9.97. The SMILES string of the molecule is CCCCCC/C=C\C/C=C\CCCCCCCCOCC(COC1OC(COC2OC(CO)C(O)C(O)C2O)C(O)C(O)C1O)OC(=O)CCCCCCCCCCCCCCCCCCCCCC. The van der Waals surface area contributed by atoms with Gasteiger partial charge in [0.1, 0.15) is 54.9 Å². The number of unbranched alkanes of at least 4 members (excludes halogenated alkanes) is 29. The minimum atomic E-state index is -1.71. The number of aliphatic hydroxyl groups excluding tert-OH is 7. The van der Waals surface area contributed by atoms with Gasteiger partial charge in [-0.15, -0.1) is 0 Å². The second-order valence-electron chi connectivity index (χ2n) is 20.5. The Kier molecular flexibility index (Phi) is 41.3. The largest absolute Gasteiger partial charge is 0.457 e. The molecule has 2 heterocycles. The molecular weight excluding hydrogens is 909 g/mol. The highest BCUT2D eigenvalue weighted by Crippen LogP contribution is 2.27. The Labute approximate surface area is 430 Å². The molecule has 0 bridgehead atoms. The van der Waals surface area contributed by atoms with Crippen molar-refractivity contribution in [2.45, 2.75) is 300 Å². The first-order valence-corrected chi connectivity index (χ1v) is 28.9. The molecule has 2 rings (SSSR count). The Morgan fingerprint density at radius 3 is 1.37 bits per heavy atom. The van der Waals surface area contributed by atoms with Gasteiger partial charge in [0.2, 0.25) is 0 Å². The highest BCUT2D eigenvalue weighted by Gasteiger charge is 2.47. The number of esters is 1. The molecule has 71 heavy (non-hydrogen) atoms. The van der Waals surface area contributed by atoms with Crippen LogP contribution >= 0.6 is 0 Å². The Morgan fingerprint density at radius 2 is 0.873 bits per heavy atom. The number of allylic oxidation sites excluding steroid dienone is 4. The van der Waals surface area contributed by atoms with Crippen molar-refractivity contribution in [2.75, 3.05) is 33.0 Å². The summed E-state index contributed by atoms with van der Waals surface area (Å²) in [6, 6.07) is 0. The average molecular weight is 1020 g/mol. The fraction of sp³-hybridized carbons (Fsp3) is 0.912. The van der Waals surface area contributed by atoms with E-state index in [2.05, 4.69) is 38.2 Å². The van der Waals surface area contributed by atoms with Crippen LogP contribution in [0.5, 0.6) is 0 Å². The van der Waals surface area contributed by atoms with Crippen molar-refractivity contribution in [3.63, 3.8) is 0 Å². The van der Waals surface area contributed by atoms with E-state index in [1.165, 1.54) is 148 Å². The molecule has 7 N–H and O–H groups in total. The summed E-state index contributed by atoms with van der Waals surface area (Å²) in [6.07, 6.45) is 33.8. The molecule has 0 aromatic rings. The van der Waals surface area contributed by atoms with Gasteiger partial charge in [-0.05, 0) is 44.9 Å². The quantitative estimate of drug-likeness (QED) is 0.0172. The summed E-state index contributed by atoms with van der Waals surface area (Å²) in [6.45, 7) is 3.69. The summed E-state index contributed by atoms with van der Waals surface area (Å²) >= 11 is 0. The fourth-order valence-corrected chi connectivity index (χ4v) is 9.26. The number of aliphatic hydroxyl groups is 7. The standard InChI is InChI=1S/C57H106O14/c1-3-5-7-9-11-13-15-17-19-21-22-23-24-26-28-30-32-34-36-38-40-49(59)69-46(43-66-41-39-37-35-33-31-29-27-25-20-18-16-14-12-10-8-6-4-2)44-67-56-55(65)53(63)51(61)48(71-56)45-68-57-54(64)52(62)50(60)47(42-58)70-57/h14,16,20,25,46-48,50-58,60-65H,3-13,15,17-19,21-24,26-45H2,1-2H3/b16-14-,25-20-. The molecule has 0 spiro atoms. The minimum absolute atomic E-state index is 0.0585. The van der Waals surface area contributed by atoms with Crippen LogP contribution in [0.3, 0.4) is 0 Å². The lowest BCUT2D eigenvalue weighted by Crippen LogP contribution is -2.61. The van der Waals surface area contributed by atoms with Crippen LogP contribution < -0.4 is 0 Å². The lowest BCUT2D eigenvalue weighted by atomic mass is 9.98. The van der Waals surface area contributed by atoms with Gasteiger partial charge in [0.15, 0.2) is 12.6 Å². The van der Waals surface area contributed by atoms with Crippen LogP contribution in [-0.2, 0) is 33.2 Å². The Balaban J connectivity index is 1.72. The highest BCUT2D eigenvalue weighted by molar-refractivity contribution is 5.69. The first kappa shape index (κ1) is 65.6. The maximum atomic E-state index is 13.1. The van der Waals surface area contributed by atoms with Gasteiger partial charge in [0.25, 0.3) is 0 Å². The zero-order valence-electron chi connectivity index (χ0n) is 44.7. The van der Waals surface area contributed by atoms with Gasteiger partial charge in [-0.25, -0.2) is 0 Å². The number of hydrogen-bond acceptors (Lipinski definition) is 14. The van der Waals surface area contributed by atoms with Crippen molar-refractivity contribution >= 4 is 5.97 Å². The summed E-state index contributed by atoms with van der Waals surface area (Å²) < 4.78 is 34.4. The van der Waals surface area contributed by atoms with E-state index in [1.54, 1.807) is 0 Å². The molecule has 2 aliphatic rings. The van der Waals surface area contributed by atoms with Crippen molar-refractivity contribution in [3.8, 4) is 0 Å². The molecule has 2 saturated heterocycles. The van der Waals surface area contributed by atoms with Crippen LogP contribution in [0.25, 0.3) is 0 Å². The monoisotopic (exact) mass is 1010 g/mol. The Morgan fingerprint density at radius 1 is 0.465 bits per heavy atom. The molecular formula is C57H106O14. The van der Waals surface area contributed by atoms with Crippen LogP contribution in [0.4, 0.5) is 0 Å². The molecule has 0 amide bonds. The van der Waals surface area contributed by atoms with Crippen molar-refractivity contribution in [1.29, 1.82) is 0 Å². The summed E-state index contributed by atoms with van der Waals surface area (Å²) in [5.74, 6) is -0.375. The molecule has 11 unspecified atom stereocenters. The van der Waals surface area contributed by atoms with E-state index in [-0.39, 0.29) is 25.6 Å². The average Bonchev–Trinajstić information content (AvgIpc) is 3.37. The molecule has 0 aromatic carbocycles. The van der Waals surface area contributed by atoms with E-state index in [1.807, 2.05) is 0 Å². The lowest BCUT2D eigenvalue weighted by Gasteiger charge is -2.42.